The number of carbonyl (C=O) groups is 2. The van der Waals surface area contributed by atoms with Crippen LogP contribution in [0.2, 0.25) is 0 Å². The number of benzene rings is 1. The molecular formula is C22H27N3O4. The van der Waals surface area contributed by atoms with E-state index in [1.807, 2.05) is 29.2 Å². The zero-order chi connectivity index (χ0) is 20.6. The van der Waals surface area contributed by atoms with E-state index < -0.39 is 0 Å². The smallest absolute Gasteiger partial charge is 0.255 e. The minimum atomic E-state index is -0.313. The monoisotopic (exact) mass is 397 g/mol. The highest BCUT2D eigenvalue weighted by Gasteiger charge is 2.32. The molecule has 0 radical (unpaired) electrons. The van der Waals surface area contributed by atoms with Crippen molar-refractivity contribution in [1.82, 2.24) is 15.2 Å². The SMILES string of the molecule is COCC(=O)N1CCC[C@H]([C@H](NC(=O)c2ccccc2OC)c2ccccn2)C1. The summed E-state index contributed by atoms with van der Waals surface area (Å²) in [4.78, 5) is 31.6. The lowest BCUT2D eigenvalue weighted by atomic mass is 9.88. The Morgan fingerprint density at radius 2 is 2.00 bits per heavy atom. The minimum absolute atomic E-state index is 0.0342. The van der Waals surface area contributed by atoms with Gasteiger partial charge in [-0.05, 0) is 37.1 Å². The van der Waals surface area contributed by atoms with Gasteiger partial charge >= 0.3 is 0 Å². The fourth-order valence-electron chi connectivity index (χ4n) is 3.77. The molecule has 1 aromatic heterocycles. The number of likely N-dealkylation sites (tertiary alicyclic amines) is 1. The highest BCUT2D eigenvalue weighted by Crippen LogP contribution is 2.30. The molecule has 1 saturated heterocycles. The summed E-state index contributed by atoms with van der Waals surface area (Å²) >= 11 is 0. The summed E-state index contributed by atoms with van der Waals surface area (Å²) in [7, 11) is 3.06. The number of ether oxygens (including phenoxy) is 2. The molecule has 1 aliphatic heterocycles. The molecule has 1 fully saturated rings. The average Bonchev–Trinajstić information content (AvgIpc) is 2.78. The van der Waals surface area contributed by atoms with E-state index in [9.17, 15) is 9.59 Å². The number of para-hydroxylation sites is 1. The van der Waals surface area contributed by atoms with E-state index in [0.29, 0.717) is 24.4 Å². The summed E-state index contributed by atoms with van der Waals surface area (Å²) in [6.45, 7) is 1.32. The lowest BCUT2D eigenvalue weighted by Crippen LogP contribution is -2.46. The Bertz CT molecular complexity index is 828. The molecule has 0 unspecified atom stereocenters. The number of nitrogens with one attached hydrogen (secondary N) is 1. The van der Waals surface area contributed by atoms with Gasteiger partial charge in [0.05, 0.1) is 24.4 Å². The third-order valence-corrected chi connectivity index (χ3v) is 5.19. The van der Waals surface area contributed by atoms with Crippen molar-refractivity contribution in [2.45, 2.75) is 18.9 Å². The fourth-order valence-corrected chi connectivity index (χ4v) is 3.77. The topological polar surface area (TPSA) is 80.8 Å². The molecular weight excluding hydrogens is 370 g/mol. The lowest BCUT2D eigenvalue weighted by Gasteiger charge is -2.37. The Morgan fingerprint density at radius 1 is 1.21 bits per heavy atom. The van der Waals surface area contributed by atoms with Gasteiger partial charge in [-0.2, -0.15) is 0 Å². The van der Waals surface area contributed by atoms with E-state index in [1.54, 1.807) is 31.5 Å². The van der Waals surface area contributed by atoms with Crippen LogP contribution in [0.1, 0.15) is 34.9 Å². The summed E-state index contributed by atoms with van der Waals surface area (Å²) in [5.41, 5.74) is 1.25. The molecule has 0 saturated carbocycles. The van der Waals surface area contributed by atoms with Gasteiger partial charge in [0, 0.05) is 32.3 Å². The normalized spacial score (nSPS) is 17.4. The average molecular weight is 397 g/mol. The van der Waals surface area contributed by atoms with Crippen LogP contribution >= 0.6 is 0 Å². The highest BCUT2D eigenvalue weighted by atomic mass is 16.5. The Morgan fingerprint density at radius 3 is 2.72 bits per heavy atom. The van der Waals surface area contributed by atoms with Crippen LogP contribution in [0.4, 0.5) is 0 Å². The largest absolute Gasteiger partial charge is 0.496 e. The molecule has 3 rings (SSSR count). The van der Waals surface area contributed by atoms with E-state index >= 15 is 0 Å². The molecule has 2 atom stereocenters. The van der Waals surface area contributed by atoms with Crippen LogP contribution in [-0.2, 0) is 9.53 Å². The van der Waals surface area contributed by atoms with E-state index in [0.717, 1.165) is 18.5 Å². The summed E-state index contributed by atoms with van der Waals surface area (Å²) in [6, 6.07) is 12.5. The molecule has 7 nitrogen and oxygen atoms in total. The van der Waals surface area contributed by atoms with E-state index in [2.05, 4.69) is 10.3 Å². The van der Waals surface area contributed by atoms with Gasteiger partial charge in [0.25, 0.3) is 5.91 Å². The number of carbonyl (C=O) groups excluding carboxylic acids is 2. The number of amides is 2. The van der Waals surface area contributed by atoms with Crippen molar-refractivity contribution in [3.8, 4) is 5.75 Å². The molecule has 7 heteroatoms. The van der Waals surface area contributed by atoms with Gasteiger partial charge in [0.15, 0.2) is 0 Å². The third-order valence-electron chi connectivity index (χ3n) is 5.19. The highest BCUT2D eigenvalue weighted by molar-refractivity contribution is 5.97. The zero-order valence-electron chi connectivity index (χ0n) is 16.8. The van der Waals surface area contributed by atoms with E-state index in [-0.39, 0.29) is 30.4 Å². The molecule has 2 aromatic rings. The van der Waals surface area contributed by atoms with Crippen molar-refractivity contribution in [2.75, 3.05) is 33.9 Å². The van der Waals surface area contributed by atoms with Gasteiger partial charge in [-0.3, -0.25) is 14.6 Å². The molecule has 1 aliphatic rings. The van der Waals surface area contributed by atoms with Gasteiger partial charge in [0.2, 0.25) is 5.91 Å². The van der Waals surface area contributed by atoms with Crippen LogP contribution in [0.15, 0.2) is 48.7 Å². The Hall–Kier alpha value is -2.93. The summed E-state index contributed by atoms with van der Waals surface area (Å²) < 4.78 is 10.3. The quantitative estimate of drug-likeness (QED) is 0.776. The van der Waals surface area contributed by atoms with Crippen molar-refractivity contribution in [2.24, 2.45) is 5.92 Å². The molecule has 2 heterocycles. The molecule has 0 aliphatic carbocycles. The van der Waals surface area contributed by atoms with Crippen LogP contribution in [0, 0.1) is 5.92 Å². The standard InChI is InChI=1S/C22H27N3O4/c1-28-15-20(26)25-13-7-8-16(14-25)21(18-10-5-6-12-23-18)24-22(27)17-9-3-4-11-19(17)29-2/h3-6,9-12,16,21H,7-8,13-15H2,1-2H3,(H,24,27)/t16-,21-/m0/s1. The minimum Gasteiger partial charge on any atom is -0.496 e. The summed E-state index contributed by atoms with van der Waals surface area (Å²) in [5, 5.41) is 3.13. The van der Waals surface area contributed by atoms with Gasteiger partial charge in [-0.25, -0.2) is 0 Å². The first kappa shape index (κ1) is 20.8. The van der Waals surface area contributed by atoms with Gasteiger partial charge in [-0.1, -0.05) is 18.2 Å². The first-order valence-corrected chi connectivity index (χ1v) is 9.75. The zero-order valence-corrected chi connectivity index (χ0v) is 16.8. The maximum Gasteiger partial charge on any atom is 0.255 e. The second-order valence-corrected chi connectivity index (χ2v) is 7.08. The van der Waals surface area contributed by atoms with Crippen LogP contribution in [0.3, 0.4) is 0 Å². The molecule has 154 valence electrons. The number of piperidine rings is 1. The summed E-state index contributed by atoms with van der Waals surface area (Å²) in [5.74, 6) is 0.315. The van der Waals surface area contributed by atoms with Crippen molar-refractivity contribution < 1.29 is 19.1 Å². The molecule has 0 bridgehead atoms. The van der Waals surface area contributed by atoms with Crippen molar-refractivity contribution in [1.29, 1.82) is 0 Å². The van der Waals surface area contributed by atoms with Crippen molar-refractivity contribution in [3.05, 3.63) is 59.9 Å². The van der Waals surface area contributed by atoms with Crippen LogP contribution in [0.25, 0.3) is 0 Å². The maximum atomic E-state index is 13.0. The predicted octanol–water partition coefficient (Wildman–Crippen LogP) is 2.45. The van der Waals surface area contributed by atoms with E-state index in [1.165, 1.54) is 7.11 Å². The molecule has 1 aromatic carbocycles. The van der Waals surface area contributed by atoms with Gasteiger partial charge < -0.3 is 19.7 Å². The molecule has 29 heavy (non-hydrogen) atoms. The van der Waals surface area contributed by atoms with Gasteiger partial charge in [-0.15, -0.1) is 0 Å². The fraction of sp³-hybridized carbons (Fsp3) is 0.409. The van der Waals surface area contributed by atoms with Crippen LogP contribution in [-0.4, -0.2) is 55.6 Å². The van der Waals surface area contributed by atoms with Crippen molar-refractivity contribution >= 4 is 11.8 Å². The number of rotatable bonds is 7. The Kier molecular flexibility index (Phi) is 7.19. The Labute approximate surface area is 171 Å². The van der Waals surface area contributed by atoms with Gasteiger partial charge in [0.1, 0.15) is 12.4 Å². The van der Waals surface area contributed by atoms with Crippen molar-refractivity contribution in [3.63, 3.8) is 0 Å². The van der Waals surface area contributed by atoms with E-state index in [4.69, 9.17) is 9.47 Å². The predicted molar refractivity (Wildman–Crippen MR) is 109 cm³/mol. The maximum absolute atomic E-state index is 13.0. The third kappa shape index (κ3) is 5.12. The number of aromatic nitrogens is 1. The lowest BCUT2D eigenvalue weighted by molar-refractivity contribution is -0.137. The van der Waals surface area contributed by atoms with Crippen LogP contribution < -0.4 is 10.1 Å². The molecule has 1 N–H and O–H groups in total. The Balaban J connectivity index is 1.84. The molecule has 0 spiro atoms. The van der Waals surface area contributed by atoms with Crippen LogP contribution in [0.5, 0.6) is 5.75 Å². The summed E-state index contributed by atoms with van der Waals surface area (Å²) in [6.07, 6.45) is 3.48. The number of nitrogens with zero attached hydrogens (tertiary/aromatic N) is 2. The number of methoxy groups -OCH3 is 2. The first-order valence-electron chi connectivity index (χ1n) is 9.75. The number of hydrogen-bond acceptors (Lipinski definition) is 5. The molecule has 2 amide bonds. The second kappa shape index (κ2) is 10.0. The first-order chi connectivity index (χ1) is 14.1. The number of pyridine rings is 1. The number of hydrogen-bond donors (Lipinski definition) is 1. The second-order valence-electron chi connectivity index (χ2n) is 7.08.